The summed E-state index contributed by atoms with van der Waals surface area (Å²) in [5, 5.41) is 8.51. The van der Waals surface area contributed by atoms with Crippen molar-refractivity contribution in [3.05, 3.63) is 24.3 Å². The minimum Gasteiger partial charge on any atom is -0.482 e. The topological polar surface area (TPSA) is 59.0 Å². The highest BCUT2D eigenvalue weighted by Crippen LogP contribution is 2.24. The minimum absolute atomic E-state index is 0.299. The monoisotopic (exact) mass is 251 g/mol. The Balaban J connectivity index is 1.93. The minimum atomic E-state index is -0.971. The summed E-state index contributed by atoms with van der Waals surface area (Å²) in [4.78, 5) is 12.6. The van der Waals surface area contributed by atoms with Crippen LogP contribution in [0.2, 0.25) is 0 Å². The number of hydrogen-bond acceptors (Lipinski definition) is 4. The Kier molecular flexibility index (Phi) is 4.04. The van der Waals surface area contributed by atoms with E-state index in [9.17, 15) is 4.79 Å². The van der Waals surface area contributed by atoms with E-state index >= 15 is 0 Å². The zero-order valence-corrected chi connectivity index (χ0v) is 10.3. The van der Waals surface area contributed by atoms with E-state index < -0.39 is 5.97 Å². The van der Waals surface area contributed by atoms with Crippen molar-refractivity contribution in [1.29, 1.82) is 0 Å². The molecule has 0 amide bonds. The van der Waals surface area contributed by atoms with Gasteiger partial charge in [0.2, 0.25) is 0 Å². The number of benzene rings is 1. The average molecular weight is 251 g/mol. The summed E-state index contributed by atoms with van der Waals surface area (Å²) < 4.78 is 10.4. The van der Waals surface area contributed by atoms with Gasteiger partial charge in [0.15, 0.2) is 6.61 Å². The number of carbonyl (C=O) groups is 1. The lowest BCUT2D eigenvalue weighted by Crippen LogP contribution is -2.21. The van der Waals surface area contributed by atoms with E-state index in [1.807, 2.05) is 12.1 Å². The van der Waals surface area contributed by atoms with E-state index in [1.54, 1.807) is 19.2 Å². The van der Waals surface area contributed by atoms with Crippen LogP contribution < -0.4 is 9.64 Å². The molecule has 1 aromatic carbocycles. The van der Waals surface area contributed by atoms with E-state index in [0.717, 1.165) is 25.2 Å². The van der Waals surface area contributed by atoms with E-state index in [2.05, 4.69) is 4.90 Å². The van der Waals surface area contributed by atoms with Crippen LogP contribution in [-0.4, -0.2) is 44.0 Å². The second kappa shape index (κ2) is 5.73. The first-order valence-corrected chi connectivity index (χ1v) is 5.91. The van der Waals surface area contributed by atoms with Crippen molar-refractivity contribution < 1.29 is 19.4 Å². The summed E-state index contributed by atoms with van der Waals surface area (Å²) in [6.45, 7) is 1.56. The van der Waals surface area contributed by atoms with Crippen molar-refractivity contribution >= 4 is 11.7 Å². The molecule has 1 aliphatic heterocycles. The van der Waals surface area contributed by atoms with Gasteiger partial charge in [-0.1, -0.05) is 0 Å². The average Bonchev–Trinajstić information content (AvgIpc) is 2.85. The van der Waals surface area contributed by atoms with Crippen LogP contribution in [0.5, 0.6) is 5.75 Å². The Morgan fingerprint density at radius 2 is 2.17 bits per heavy atom. The van der Waals surface area contributed by atoms with Crippen LogP contribution in [0.3, 0.4) is 0 Å². The van der Waals surface area contributed by atoms with Crippen molar-refractivity contribution in [3.63, 3.8) is 0 Å². The zero-order valence-electron chi connectivity index (χ0n) is 10.3. The maximum Gasteiger partial charge on any atom is 0.341 e. The number of hydrogen-bond donors (Lipinski definition) is 1. The highest BCUT2D eigenvalue weighted by Gasteiger charge is 2.21. The molecule has 0 unspecified atom stereocenters. The normalized spacial score (nSPS) is 18.9. The van der Waals surface area contributed by atoms with E-state index in [-0.39, 0.29) is 6.61 Å². The number of carboxylic acids is 1. The summed E-state index contributed by atoms with van der Waals surface area (Å²) in [5.41, 5.74) is 1.11. The summed E-state index contributed by atoms with van der Waals surface area (Å²) >= 11 is 0. The number of methoxy groups -OCH3 is 1. The van der Waals surface area contributed by atoms with Crippen LogP contribution in [0.25, 0.3) is 0 Å². The van der Waals surface area contributed by atoms with Crippen LogP contribution in [0.15, 0.2) is 24.3 Å². The van der Waals surface area contributed by atoms with Gasteiger partial charge in [-0.2, -0.15) is 0 Å². The Labute approximate surface area is 106 Å². The highest BCUT2D eigenvalue weighted by molar-refractivity contribution is 5.68. The van der Waals surface area contributed by atoms with Crippen molar-refractivity contribution in [2.24, 2.45) is 0 Å². The van der Waals surface area contributed by atoms with Gasteiger partial charge < -0.3 is 19.5 Å². The molecule has 1 fully saturated rings. The molecule has 1 aliphatic rings. The van der Waals surface area contributed by atoms with Gasteiger partial charge in [-0.25, -0.2) is 4.79 Å². The van der Waals surface area contributed by atoms with Crippen LogP contribution in [-0.2, 0) is 9.53 Å². The molecule has 98 valence electrons. The molecule has 18 heavy (non-hydrogen) atoms. The maximum absolute atomic E-state index is 10.4. The Bertz CT molecular complexity index is 404. The Hall–Kier alpha value is -1.75. The van der Waals surface area contributed by atoms with Crippen molar-refractivity contribution in [2.75, 3.05) is 31.7 Å². The van der Waals surface area contributed by atoms with Crippen molar-refractivity contribution in [3.8, 4) is 5.75 Å². The van der Waals surface area contributed by atoms with Crippen molar-refractivity contribution in [1.82, 2.24) is 0 Å². The first-order chi connectivity index (χ1) is 8.69. The standard InChI is InChI=1S/C13H17NO4/c1-17-12-6-7-14(8-12)10-2-4-11(5-3-10)18-9-13(15)16/h2-5,12H,6-9H2,1H3,(H,15,16)/t12-/m0/s1. The maximum atomic E-state index is 10.4. The predicted molar refractivity (Wildman–Crippen MR) is 67.2 cm³/mol. The number of carboxylic acid groups (broad SMARTS) is 1. The molecular formula is C13H17NO4. The molecular weight excluding hydrogens is 234 g/mol. The van der Waals surface area contributed by atoms with Gasteiger partial charge in [-0.05, 0) is 30.7 Å². The van der Waals surface area contributed by atoms with E-state index in [0.29, 0.717) is 11.9 Å². The van der Waals surface area contributed by atoms with E-state index in [4.69, 9.17) is 14.6 Å². The second-order valence-electron chi connectivity index (χ2n) is 4.27. The summed E-state index contributed by atoms with van der Waals surface area (Å²) in [6.07, 6.45) is 1.33. The number of ether oxygens (including phenoxy) is 2. The molecule has 0 radical (unpaired) electrons. The molecule has 1 atom stereocenters. The summed E-state index contributed by atoms with van der Waals surface area (Å²) in [7, 11) is 1.73. The number of rotatable bonds is 5. The lowest BCUT2D eigenvalue weighted by atomic mass is 10.3. The molecule has 1 aromatic rings. The molecule has 5 heteroatoms. The molecule has 1 saturated heterocycles. The van der Waals surface area contributed by atoms with Crippen molar-refractivity contribution in [2.45, 2.75) is 12.5 Å². The third kappa shape index (κ3) is 3.13. The van der Waals surface area contributed by atoms with Gasteiger partial charge in [-0.15, -0.1) is 0 Å². The van der Waals surface area contributed by atoms with Gasteiger partial charge >= 0.3 is 5.97 Å². The fourth-order valence-electron chi connectivity index (χ4n) is 2.05. The molecule has 2 rings (SSSR count). The van der Waals surface area contributed by atoms with Gasteiger partial charge in [0.05, 0.1) is 6.10 Å². The highest BCUT2D eigenvalue weighted by atomic mass is 16.5. The summed E-state index contributed by atoms with van der Waals surface area (Å²) in [5.74, 6) is -0.398. The van der Waals surface area contributed by atoms with Gasteiger partial charge in [0, 0.05) is 25.9 Å². The first kappa shape index (κ1) is 12.7. The molecule has 5 nitrogen and oxygen atoms in total. The fourth-order valence-corrected chi connectivity index (χ4v) is 2.05. The van der Waals surface area contributed by atoms with E-state index in [1.165, 1.54) is 0 Å². The van der Waals surface area contributed by atoms with Gasteiger partial charge in [-0.3, -0.25) is 0 Å². The summed E-state index contributed by atoms with van der Waals surface area (Å²) in [6, 6.07) is 7.46. The van der Waals surface area contributed by atoms with Crippen LogP contribution in [0.1, 0.15) is 6.42 Å². The SMILES string of the molecule is CO[C@H]1CCN(c2ccc(OCC(=O)O)cc2)C1. The lowest BCUT2D eigenvalue weighted by Gasteiger charge is -2.18. The van der Waals surface area contributed by atoms with Crippen LogP contribution in [0.4, 0.5) is 5.69 Å². The van der Waals surface area contributed by atoms with Gasteiger partial charge in [0.1, 0.15) is 5.75 Å². The molecule has 0 spiro atoms. The zero-order chi connectivity index (χ0) is 13.0. The molecule has 0 aliphatic carbocycles. The predicted octanol–water partition coefficient (Wildman–Crippen LogP) is 1.38. The molecule has 0 saturated carbocycles. The molecule has 1 heterocycles. The number of anilines is 1. The second-order valence-corrected chi connectivity index (χ2v) is 4.27. The third-order valence-corrected chi connectivity index (χ3v) is 3.04. The lowest BCUT2D eigenvalue weighted by molar-refractivity contribution is -0.139. The fraction of sp³-hybridized carbons (Fsp3) is 0.462. The Morgan fingerprint density at radius 1 is 1.44 bits per heavy atom. The van der Waals surface area contributed by atoms with Gasteiger partial charge in [0.25, 0.3) is 0 Å². The van der Waals surface area contributed by atoms with Crippen LogP contribution >= 0.6 is 0 Å². The molecule has 0 aromatic heterocycles. The number of nitrogens with zero attached hydrogens (tertiary/aromatic N) is 1. The largest absolute Gasteiger partial charge is 0.482 e. The Morgan fingerprint density at radius 3 is 2.72 bits per heavy atom. The quantitative estimate of drug-likeness (QED) is 0.856. The molecule has 1 N–H and O–H groups in total. The molecule has 0 bridgehead atoms. The van der Waals surface area contributed by atoms with Crippen LogP contribution in [0, 0.1) is 0 Å². The first-order valence-electron chi connectivity index (χ1n) is 5.91. The smallest absolute Gasteiger partial charge is 0.341 e. The number of aliphatic carboxylic acids is 1. The third-order valence-electron chi connectivity index (χ3n) is 3.04.